The van der Waals surface area contributed by atoms with Gasteiger partial charge in [-0.05, 0) is 37.0 Å². The van der Waals surface area contributed by atoms with Crippen LogP contribution in [0.4, 0.5) is 5.82 Å². The zero-order valence-corrected chi connectivity index (χ0v) is 13.1. The zero-order valence-electron chi connectivity index (χ0n) is 13.1. The number of aliphatic hydroxyl groups is 1. The quantitative estimate of drug-likeness (QED) is 0.904. The first kappa shape index (κ1) is 15.2. The summed E-state index contributed by atoms with van der Waals surface area (Å²) in [6.07, 6.45) is 11.4. The lowest BCUT2D eigenvalue weighted by molar-refractivity contribution is 0.299. The number of hydrogen-bond donors (Lipinski definition) is 2. The van der Waals surface area contributed by atoms with Crippen molar-refractivity contribution in [2.24, 2.45) is 0 Å². The predicted molar refractivity (Wildman–Crippen MR) is 90.1 cm³/mol. The van der Waals surface area contributed by atoms with Gasteiger partial charge >= 0.3 is 0 Å². The highest BCUT2D eigenvalue weighted by atomic mass is 16.2. The fraction of sp³-hybridized carbons (Fsp3) is 0.556. The number of nitrogens with zero attached hydrogens (tertiary/aromatic N) is 2. The fourth-order valence-corrected chi connectivity index (χ4v) is 3.30. The largest absolute Gasteiger partial charge is 0.396 e. The van der Waals surface area contributed by atoms with E-state index >= 15 is 0 Å². The third-order valence-electron chi connectivity index (χ3n) is 4.55. The van der Waals surface area contributed by atoms with Crippen LogP contribution in [0.2, 0.25) is 0 Å². The summed E-state index contributed by atoms with van der Waals surface area (Å²) in [5.41, 5.74) is 2.09. The Morgan fingerprint density at radius 2 is 1.82 bits per heavy atom. The maximum Gasteiger partial charge on any atom is 0.137 e. The van der Waals surface area contributed by atoms with Gasteiger partial charge in [0.25, 0.3) is 0 Å². The number of rotatable bonds is 4. The molecule has 4 heteroatoms. The van der Waals surface area contributed by atoms with Crippen molar-refractivity contribution in [2.45, 2.75) is 57.4 Å². The van der Waals surface area contributed by atoms with Gasteiger partial charge in [0, 0.05) is 18.0 Å². The molecule has 1 aromatic heterocycles. The highest BCUT2D eigenvalue weighted by Gasteiger charge is 2.13. The summed E-state index contributed by atoms with van der Waals surface area (Å²) in [6, 6.07) is 6.67. The van der Waals surface area contributed by atoms with Crippen molar-refractivity contribution in [1.82, 2.24) is 9.97 Å². The van der Waals surface area contributed by atoms with Crippen LogP contribution in [0.3, 0.4) is 0 Å². The molecule has 3 rings (SSSR count). The average Bonchev–Trinajstić information content (AvgIpc) is 2.50. The molecule has 0 unspecified atom stereocenters. The molecule has 1 fully saturated rings. The molecule has 0 spiro atoms. The molecule has 1 heterocycles. The molecule has 0 aliphatic heterocycles. The summed E-state index contributed by atoms with van der Waals surface area (Å²) >= 11 is 0. The van der Waals surface area contributed by atoms with E-state index < -0.39 is 0 Å². The standard InChI is InChI=1S/C18H25N3O/c22-11-10-14-8-9-17-16(12-14)18(20-13-19-17)21-15-6-4-2-1-3-5-7-15/h8-9,12-13,15,22H,1-7,10-11H2,(H,19,20,21). The Labute approximate surface area is 132 Å². The van der Waals surface area contributed by atoms with Gasteiger partial charge in [-0.15, -0.1) is 0 Å². The molecule has 0 saturated heterocycles. The van der Waals surface area contributed by atoms with E-state index in [1.54, 1.807) is 6.33 Å². The minimum atomic E-state index is 0.171. The van der Waals surface area contributed by atoms with Gasteiger partial charge in [-0.1, -0.05) is 38.2 Å². The van der Waals surface area contributed by atoms with Gasteiger partial charge in [0.05, 0.1) is 5.52 Å². The Bertz CT molecular complexity index is 606. The average molecular weight is 299 g/mol. The van der Waals surface area contributed by atoms with Crippen molar-refractivity contribution in [3.05, 3.63) is 30.1 Å². The van der Waals surface area contributed by atoms with E-state index in [0.29, 0.717) is 12.5 Å². The minimum absolute atomic E-state index is 0.171. The van der Waals surface area contributed by atoms with Crippen LogP contribution < -0.4 is 5.32 Å². The summed E-state index contributed by atoms with van der Waals surface area (Å²) in [5.74, 6) is 0.940. The molecule has 22 heavy (non-hydrogen) atoms. The van der Waals surface area contributed by atoms with Gasteiger partial charge in [-0.3, -0.25) is 0 Å². The number of aliphatic hydroxyl groups excluding tert-OH is 1. The Balaban J connectivity index is 1.83. The maximum absolute atomic E-state index is 9.13. The number of benzene rings is 1. The summed E-state index contributed by atoms with van der Waals surface area (Å²) in [7, 11) is 0. The molecule has 1 aromatic carbocycles. The predicted octanol–water partition coefficient (Wildman–Crippen LogP) is 3.69. The number of aromatic nitrogens is 2. The Hall–Kier alpha value is -1.68. The molecule has 2 aromatic rings. The minimum Gasteiger partial charge on any atom is -0.396 e. The lowest BCUT2D eigenvalue weighted by atomic mass is 9.96. The third kappa shape index (κ3) is 3.74. The maximum atomic E-state index is 9.13. The molecule has 0 bridgehead atoms. The summed E-state index contributed by atoms with van der Waals surface area (Å²) in [4.78, 5) is 8.83. The molecule has 1 saturated carbocycles. The third-order valence-corrected chi connectivity index (χ3v) is 4.55. The van der Waals surface area contributed by atoms with Crippen LogP contribution in [-0.4, -0.2) is 27.7 Å². The lowest BCUT2D eigenvalue weighted by Gasteiger charge is -2.22. The second-order valence-corrected chi connectivity index (χ2v) is 6.23. The van der Waals surface area contributed by atoms with E-state index in [2.05, 4.69) is 21.4 Å². The van der Waals surface area contributed by atoms with E-state index in [0.717, 1.165) is 22.3 Å². The molecule has 0 atom stereocenters. The van der Waals surface area contributed by atoms with Crippen LogP contribution in [0.25, 0.3) is 10.9 Å². The van der Waals surface area contributed by atoms with Crippen molar-refractivity contribution < 1.29 is 5.11 Å². The van der Waals surface area contributed by atoms with Crippen molar-refractivity contribution in [3.63, 3.8) is 0 Å². The summed E-state index contributed by atoms with van der Waals surface area (Å²) in [6.45, 7) is 0.171. The van der Waals surface area contributed by atoms with Crippen molar-refractivity contribution >= 4 is 16.7 Å². The molecule has 0 radical (unpaired) electrons. The fourth-order valence-electron chi connectivity index (χ4n) is 3.30. The van der Waals surface area contributed by atoms with E-state index in [4.69, 9.17) is 5.11 Å². The second-order valence-electron chi connectivity index (χ2n) is 6.23. The molecular formula is C18H25N3O. The van der Waals surface area contributed by atoms with Gasteiger partial charge < -0.3 is 10.4 Å². The molecule has 2 N–H and O–H groups in total. The SMILES string of the molecule is OCCc1ccc2ncnc(NC3CCCCCCC3)c2c1. The highest BCUT2D eigenvalue weighted by Crippen LogP contribution is 2.25. The molecule has 0 amide bonds. The highest BCUT2D eigenvalue weighted by molar-refractivity contribution is 5.89. The Morgan fingerprint density at radius 3 is 2.59 bits per heavy atom. The molecule has 1 aliphatic carbocycles. The van der Waals surface area contributed by atoms with Crippen LogP contribution in [0, 0.1) is 0 Å². The summed E-state index contributed by atoms with van der Waals surface area (Å²) < 4.78 is 0. The van der Waals surface area contributed by atoms with E-state index in [9.17, 15) is 0 Å². The van der Waals surface area contributed by atoms with Gasteiger partial charge in [0.15, 0.2) is 0 Å². The smallest absolute Gasteiger partial charge is 0.137 e. The number of nitrogens with one attached hydrogen (secondary N) is 1. The first-order chi connectivity index (χ1) is 10.9. The first-order valence-corrected chi connectivity index (χ1v) is 8.48. The van der Waals surface area contributed by atoms with Crippen LogP contribution >= 0.6 is 0 Å². The Morgan fingerprint density at radius 1 is 1.05 bits per heavy atom. The van der Waals surface area contributed by atoms with Crippen LogP contribution in [0.1, 0.15) is 50.5 Å². The van der Waals surface area contributed by atoms with Gasteiger partial charge in [-0.25, -0.2) is 9.97 Å². The van der Waals surface area contributed by atoms with E-state index in [-0.39, 0.29) is 6.61 Å². The van der Waals surface area contributed by atoms with E-state index in [1.807, 2.05) is 12.1 Å². The van der Waals surface area contributed by atoms with Crippen molar-refractivity contribution in [1.29, 1.82) is 0 Å². The van der Waals surface area contributed by atoms with Crippen molar-refractivity contribution in [3.8, 4) is 0 Å². The molecule has 4 nitrogen and oxygen atoms in total. The van der Waals surface area contributed by atoms with E-state index in [1.165, 1.54) is 44.9 Å². The second kappa shape index (κ2) is 7.54. The van der Waals surface area contributed by atoms with Crippen LogP contribution in [0.15, 0.2) is 24.5 Å². The molecule has 118 valence electrons. The van der Waals surface area contributed by atoms with Crippen LogP contribution in [-0.2, 0) is 6.42 Å². The normalized spacial score (nSPS) is 17.1. The topological polar surface area (TPSA) is 58.0 Å². The molecular weight excluding hydrogens is 274 g/mol. The van der Waals surface area contributed by atoms with Gasteiger partial charge in [0.1, 0.15) is 12.1 Å². The van der Waals surface area contributed by atoms with Crippen molar-refractivity contribution in [2.75, 3.05) is 11.9 Å². The van der Waals surface area contributed by atoms with Gasteiger partial charge in [0.2, 0.25) is 0 Å². The summed E-state index contributed by atoms with van der Waals surface area (Å²) in [5, 5.41) is 13.8. The molecule has 1 aliphatic rings. The van der Waals surface area contributed by atoms with Gasteiger partial charge in [-0.2, -0.15) is 0 Å². The zero-order chi connectivity index (χ0) is 15.2. The number of fused-ring (bicyclic) bond motifs is 1. The number of hydrogen-bond acceptors (Lipinski definition) is 4. The Kier molecular flexibility index (Phi) is 5.22. The monoisotopic (exact) mass is 299 g/mol. The van der Waals surface area contributed by atoms with Crippen LogP contribution in [0.5, 0.6) is 0 Å². The number of anilines is 1. The first-order valence-electron chi connectivity index (χ1n) is 8.48. The lowest BCUT2D eigenvalue weighted by Crippen LogP contribution is -2.21.